The second-order valence-corrected chi connectivity index (χ2v) is 4.63. The minimum atomic E-state index is 0.0890. The van der Waals surface area contributed by atoms with Gasteiger partial charge in [0.15, 0.2) is 5.78 Å². The molecule has 1 aliphatic rings. The molecule has 92 valence electrons. The van der Waals surface area contributed by atoms with Crippen molar-refractivity contribution in [1.29, 1.82) is 0 Å². The molecule has 0 radical (unpaired) electrons. The van der Waals surface area contributed by atoms with E-state index in [-0.39, 0.29) is 5.78 Å². The molecule has 0 aliphatic carbocycles. The number of hydrogen-bond donors (Lipinski definition) is 1. The first-order valence-corrected chi connectivity index (χ1v) is 6.12. The van der Waals surface area contributed by atoms with Gasteiger partial charge in [-0.3, -0.25) is 14.7 Å². The maximum Gasteiger partial charge on any atom is 0.195 e. The first-order chi connectivity index (χ1) is 8.25. The van der Waals surface area contributed by atoms with Gasteiger partial charge >= 0.3 is 0 Å². The van der Waals surface area contributed by atoms with Crippen LogP contribution in [0.4, 0.5) is 0 Å². The van der Waals surface area contributed by atoms with Crippen molar-refractivity contribution in [2.75, 3.05) is 26.7 Å². The number of rotatable bonds is 5. The van der Waals surface area contributed by atoms with Gasteiger partial charge in [-0.25, -0.2) is 0 Å². The van der Waals surface area contributed by atoms with E-state index in [9.17, 15) is 4.79 Å². The second-order valence-electron chi connectivity index (χ2n) is 4.63. The molecule has 0 amide bonds. The lowest BCUT2D eigenvalue weighted by atomic mass is 10.2. The number of nitrogens with one attached hydrogen (secondary N) is 1. The van der Waals surface area contributed by atoms with Gasteiger partial charge in [0.1, 0.15) is 5.69 Å². The summed E-state index contributed by atoms with van der Waals surface area (Å²) in [6, 6.07) is 5.97. The Bertz CT molecular complexity index is 360. The third-order valence-electron chi connectivity index (χ3n) is 3.06. The molecule has 1 N–H and O–H groups in total. The highest BCUT2D eigenvalue weighted by Crippen LogP contribution is 2.06. The maximum absolute atomic E-state index is 11.9. The number of Topliss-reactive ketones (excluding diaryl/α,β-unsaturated/α-hetero) is 1. The molecular formula is C13H19N3O. The Hall–Kier alpha value is -1.26. The molecule has 2 rings (SSSR count). The zero-order chi connectivity index (χ0) is 12.1. The summed E-state index contributed by atoms with van der Waals surface area (Å²) in [5.41, 5.74) is 0.554. The van der Waals surface area contributed by atoms with Crippen LogP contribution in [0.2, 0.25) is 0 Å². The van der Waals surface area contributed by atoms with E-state index < -0.39 is 0 Å². The number of likely N-dealkylation sites (N-methyl/N-ethyl adjacent to an activating group) is 1. The Morgan fingerprint density at radius 1 is 1.59 bits per heavy atom. The van der Waals surface area contributed by atoms with Gasteiger partial charge in [-0.1, -0.05) is 6.07 Å². The molecule has 1 atom stereocenters. The smallest absolute Gasteiger partial charge is 0.195 e. The quantitative estimate of drug-likeness (QED) is 0.769. The Balaban J connectivity index is 1.81. The number of carbonyl (C=O) groups excluding carboxylic acids is 1. The molecule has 2 heterocycles. The normalized spacial score (nSPS) is 19.8. The van der Waals surface area contributed by atoms with Crippen LogP contribution >= 0.6 is 0 Å². The molecule has 0 aromatic carbocycles. The Morgan fingerprint density at radius 2 is 2.47 bits per heavy atom. The molecule has 0 bridgehead atoms. The van der Waals surface area contributed by atoms with E-state index in [1.165, 1.54) is 12.8 Å². The lowest BCUT2D eigenvalue weighted by molar-refractivity contribution is 0.0937. The molecule has 1 aromatic rings. The van der Waals surface area contributed by atoms with E-state index >= 15 is 0 Å². The summed E-state index contributed by atoms with van der Waals surface area (Å²) in [4.78, 5) is 18.0. The van der Waals surface area contributed by atoms with Crippen molar-refractivity contribution in [3.8, 4) is 0 Å². The fourth-order valence-electron chi connectivity index (χ4n) is 2.21. The molecule has 0 unspecified atom stereocenters. The molecule has 1 fully saturated rings. The van der Waals surface area contributed by atoms with Crippen LogP contribution in [0.25, 0.3) is 0 Å². The van der Waals surface area contributed by atoms with Crippen molar-refractivity contribution in [3.05, 3.63) is 30.1 Å². The third-order valence-corrected chi connectivity index (χ3v) is 3.06. The SMILES string of the molecule is CN(CC(=O)c1ccccn1)C[C@@H]1CCCN1. The van der Waals surface area contributed by atoms with Crippen LogP contribution < -0.4 is 5.32 Å². The second kappa shape index (κ2) is 5.89. The van der Waals surface area contributed by atoms with Crippen LogP contribution in [0.5, 0.6) is 0 Å². The summed E-state index contributed by atoms with van der Waals surface area (Å²) in [6.07, 6.45) is 4.11. The molecule has 0 saturated carbocycles. The minimum absolute atomic E-state index is 0.0890. The Labute approximate surface area is 102 Å². The zero-order valence-electron chi connectivity index (χ0n) is 10.2. The first-order valence-electron chi connectivity index (χ1n) is 6.12. The summed E-state index contributed by atoms with van der Waals surface area (Å²) in [6.45, 7) is 2.47. The van der Waals surface area contributed by atoms with Crippen LogP contribution in [0.15, 0.2) is 24.4 Å². The van der Waals surface area contributed by atoms with E-state index in [0.717, 1.165) is 13.1 Å². The monoisotopic (exact) mass is 233 g/mol. The van der Waals surface area contributed by atoms with Crippen molar-refractivity contribution in [2.24, 2.45) is 0 Å². The van der Waals surface area contributed by atoms with Gasteiger partial charge in [0.25, 0.3) is 0 Å². The topological polar surface area (TPSA) is 45.2 Å². The number of ketones is 1. The summed E-state index contributed by atoms with van der Waals surface area (Å²) in [5, 5.41) is 3.43. The fraction of sp³-hybridized carbons (Fsp3) is 0.538. The number of carbonyl (C=O) groups is 1. The molecule has 1 saturated heterocycles. The summed E-state index contributed by atoms with van der Waals surface area (Å²) < 4.78 is 0. The number of nitrogens with zero attached hydrogens (tertiary/aromatic N) is 2. The first kappa shape index (κ1) is 12.2. The maximum atomic E-state index is 11.9. The van der Waals surface area contributed by atoms with Crippen molar-refractivity contribution in [2.45, 2.75) is 18.9 Å². The third kappa shape index (κ3) is 3.61. The van der Waals surface area contributed by atoms with E-state index in [0.29, 0.717) is 18.3 Å². The van der Waals surface area contributed by atoms with Gasteiger partial charge in [-0.15, -0.1) is 0 Å². The van der Waals surface area contributed by atoms with Gasteiger partial charge in [0.2, 0.25) is 0 Å². The van der Waals surface area contributed by atoms with Gasteiger partial charge in [0, 0.05) is 18.8 Å². The highest BCUT2D eigenvalue weighted by molar-refractivity contribution is 5.95. The summed E-state index contributed by atoms with van der Waals surface area (Å²) in [5.74, 6) is 0.0890. The molecule has 4 nitrogen and oxygen atoms in total. The highest BCUT2D eigenvalue weighted by Gasteiger charge is 2.17. The van der Waals surface area contributed by atoms with Crippen molar-refractivity contribution in [1.82, 2.24) is 15.2 Å². The van der Waals surface area contributed by atoms with Crippen LogP contribution in [-0.4, -0.2) is 48.4 Å². The lowest BCUT2D eigenvalue weighted by Gasteiger charge is -2.20. The predicted molar refractivity (Wildman–Crippen MR) is 67.1 cm³/mol. The number of hydrogen-bond acceptors (Lipinski definition) is 4. The van der Waals surface area contributed by atoms with E-state index in [4.69, 9.17) is 0 Å². The van der Waals surface area contributed by atoms with Gasteiger partial charge in [-0.05, 0) is 38.6 Å². The summed E-state index contributed by atoms with van der Waals surface area (Å²) in [7, 11) is 1.99. The van der Waals surface area contributed by atoms with Crippen molar-refractivity contribution < 1.29 is 4.79 Å². The molecule has 1 aromatic heterocycles. The summed E-state index contributed by atoms with van der Waals surface area (Å²) >= 11 is 0. The average molecular weight is 233 g/mol. The predicted octanol–water partition coefficient (Wildman–Crippen LogP) is 0.948. The van der Waals surface area contributed by atoms with E-state index in [1.807, 2.05) is 19.2 Å². The van der Waals surface area contributed by atoms with Crippen LogP contribution in [0.3, 0.4) is 0 Å². The number of pyridine rings is 1. The molecule has 1 aliphatic heterocycles. The zero-order valence-corrected chi connectivity index (χ0v) is 10.2. The highest BCUT2D eigenvalue weighted by atomic mass is 16.1. The van der Waals surface area contributed by atoms with Crippen molar-refractivity contribution >= 4 is 5.78 Å². The molecule has 17 heavy (non-hydrogen) atoms. The van der Waals surface area contributed by atoms with Crippen molar-refractivity contribution in [3.63, 3.8) is 0 Å². The van der Waals surface area contributed by atoms with E-state index in [2.05, 4.69) is 15.2 Å². The molecule has 0 spiro atoms. The van der Waals surface area contributed by atoms with E-state index in [1.54, 1.807) is 12.3 Å². The standard InChI is InChI=1S/C13H19N3O/c1-16(9-11-5-4-8-14-11)10-13(17)12-6-2-3-7-15-12/h2-3,6-7,11,14H,4-5,8-10H2,1H3/t11-/m0/s1. The molecule has 4 heteroatoms. The van der Waals surface area contributed by atoms with Gasteiger partial charge in [-0.2, -0.15) is 0 Å². The van der Waals surface area contributed by atoms with Gasteiger partial charge in [0.05, 0.1) is 6.54 Å². The van der Waals surface area contributed by atoms with Crippen LogP contribution in [-0.2, 0) is 0 Å². The Kier molecular flexibility index (Phi) is 4.23. The number of aromatic nitrogens is 1. The average Bonchev–Trinajstić information content (AvgIpc) is 2.82. The largest absolute Gasteiger partial charge is 0.313 e. The Morgan fingerprint density at radius 3 is 3.12 bits per heavy atom. The van der Waals surface area contributed by atoms with Gasteiger partial charge < -0.3 is 5.32 Å². The fourth-order valence-corrected chi connectivity index (χ4v) is 2.21. The van der Waals surface area contributed by atoms with Crippen LogP contribution in [0.1, 0.15) is 23.3 Å². The van der Waals surface area contributed by atoms with Crippen LogP contribution in [0, 0.1) is 0 Å². The molecular weight excluding hydrogens is 214 g/mol. The lowest BCUT2D eigenvalue weighted by Crippen LogP contribution is -2.37. The minimum Gasteiger partial charge on any atom is -0.313 e.